The van der Waals surface area contributed by atoms with Crippen molar-refractivity contribution in [2.45, 2.75) is 32.2 Å². The fraction of sp³-hybridized carbons (Fsp3) is 0.474. The lowest BCUT2D eigenvalue weighted by Crippen LogP contribution is -2.50. The standard InChI is InChI=1S/C19H23N3O2/c1-14-13-18(24-20-14)19(23)22-11-9-21(10-12-22)17-8-4-6-15-5-2-3-7-16(15)17/h2-3,5,7,13,17H,4,6,8-12H2,1H3. The van der Waals surface area contributed by atoms with Gasteiger partial charge in [0.05, 0.1) is 5.69 Å². The maximum atomic E-state index is 12.5. The Morgan fingerprint density at radius 2 is 2.00 bits per heavy atom. The van der Waals surface area contributed by atoms with Crippen LogP contribution in [0.3, 0.4) is 0 Å². The highest BCUT2D eigenvalue weighted by atomic mass is 16.5. The van der Waals surface area contributed by atoms with Gasteiger partial charge < -0.3 is 9.42 Å². The molecule has 1 aromatic carbocycles. The highest BCUT2D eigenvalue weighted by molar-refractivity contribution is 5.91. The summed E-state index contributed by atoms with van der Waals surface area (Å²) in [5.74, 6) is 0.309. The van der Waals surface area contributed by atoms with E-state index >= 15 is 0 Å². The lowest BCUT2D eigenvalue weighted by atomic mass is 9.86. The molecule has 5 heteroatoms. The van der Waals surface area contributed by atoms with Gasteiger partial charge in [-0.2, -0.15) is 0 Å². The molecule has 2 aliphatic rings. The van der Waals surface area contributed by atoms with Crippen LogP contribution in [0.2, 0.25) is 0 Å². The Bertz CT molecular complexity index is 732. The number of piperazine rings is 1. The molecule has 24 heavy (non-hydrogen) atoms. The van der Waals surface area contributed by atoms with E-state index in [0.29, 0.717) is 11.8 Å². The fourth-order valence-corrected chi connectivity index (χ4v) is 3.96. The van der Waals surface area contributed by atoms with Gasteiger partial charge in [-0.15, -0.1) is 0 Å². The molecule has 0 spiro atoms. The Kier molecular flexibility index (Phi) is 4.10. The van der Waals surface area contributed by atoms with Crippen LogP contribution in [0.25, 0.3) is 0 Å². The number of benzene rings is 1. The molecular formula is C19H23N3O2. The van der Waals surface area contributed by atoms with Gasteiger partial charge in [0.15, 0.2) is 0 Å². The summed E-state index contributed by atoms with van der Waals surface area (Å²) in [7, 11) is 0. The van der Waals surface area contributed by atoms with Crippen molar-refractivity contribution in [2.75, 3.05) is 26.2 Å². The van der Waals surface area contributed by atoms with Crippen LogP contribution < -0.4 is 0 Å². The maximum absolute atomic E-state index is 12.5. The molecule has 1 aliphatic heterocycles. The molecule has 1 atom stereocenters. The third-order valence-electron chi connectivity index (χ3n) is 5.22. The van der Waals surface area contributed by atoms with Crippen LogP contribution in [0.4, 0.5) is 0 Å². The molecule has 2 aromatic rings. The van der Waals surface area contributed by atoms with Gasteiger partial charge in [0.1, 0.15) is 0 Å². The molecule has 5 nitrogen and oxygen atoms in total. The minimum atomic E-state index is -0.0423. The second kappa shape index (κ2) is 6.40. The first-order chi connectivity index (χ1) is 11.7. The van der Waals surface area contributed by atoms with Crippen molar-refractivity contribution in [2.24, 2.45) is 0 Å². The molecule has 0 N–H and O–H groups in total. The zero-order valence-electron chi connectivity index (χ0n) is 14.1. The predicted octanol–water partition coefficient (Wildman–Crippen LogP) is 2.82. The first-order valence-electron chi connectivity index (χ1n) is 8.77. The second-order valence-corrected chi connectivity index (χ2v) is 6.77. The van der Waals surface area contributed by atoms with E-state index < -0.39 is 0 Å². The first kappa shape index (κ1) is 15.4. The predicted molar refractivity (Wildman–Crippen MR) is 90.8 cm³/mol. The molecule has 0 bridgehead atoms. The van der Waals surface area contributed by atoms with Crippen molar-refractivity contribution in [3.8, 4) is 0 Å². The van der Waals surface area contributed by atoms with Crippen LogP contribution in [0.1, 0.15) is 46.3 Å². The zero-order chi connectivity index (χ0) is 16.5. The molecule has 0 radical (unpaired) electrons. The normalized spacial score (nSPS) is 21.5. The van der Waals surface area contributed by atoms with E-state index in [4.69, 9.17) is 4.52 Å². The van der Waals surface area contributed by atoms with Crippen LogP contribution in [-0.4, -0.2) is 47.0 Å². The van der Waals surface area contributed by atoms with E-state index in [-0.39, 0.29) is 5.91 Å². The summed E-state index contributed by atoms with van der Waals surface area (Å²) < 4.78 is 5.11. The summed E-state index contributed by atoms with van der Waals surface area (Å²) in [6.45, 7) is 5.16. The first-order valence-corrected chi connectivity index (χ1v) is 8.77. The van der Waals surface area contributed by atoms with Crippen LogP contribution in [-0.2, 0) is 6.42 Å². The van der Waals surface area contributed by atoms with E-state index in [2.05, 4.69) is 34.3 Å². The molecule has 1 saturated heterocycles. The smallest absolute Gasteiger partial charge is 0.292 e. The molecule has 2 heterocycles. The number of carbonyl (C=O) groups excluding carboxylic acids is 1. The topological polar surface area (TPSA) is 49.6 Å². The molecule has 1 aromatic heterocycles. The molecule has 0 saturated carbocycles. The number of amides is 1. The maximum Gasteiger partial charge on any atom is 0.292 e. The quantitative estimate of drug-likeness (QED) is 0.852. The summed E-state index contributed by atoms with van der Waals surface area (Å²) in [5, 5.41) is 3.81. The van der Waals surface area contributed by atoms with E-state index in [1.807, 2.05) is 11.8 Å². The average Bonchev–Trinajstić information content (AvgIpc) is 3.07. The Morgan fingerprint density at radius 1 is 1.21 bits per heavy atom. The van der Waals surface area contributed by atoms with E-state index in [9.17, 15) is 4.79 Å². The molecular weight excluding hydrogens is 302 g/mol. The molecule has 1 amide bonds. The largest absolute Gasteiger partial charge is 0.351 e. The number of aryl methyl sites for hydroxylation is 2. The third-order valence-corrected chi connectivity index (χ3v) is 5.22. The van der Waals surface area contributed by atoms with E-state index in [1.165, 1.54) is 30.4 Å². The van der Waals surface area contributed by atoms with Crippen LogP contribution >= 0.6 is 0 Å². The SMILES string of the molecule is Cc1cc(C(=O)N2CCN(C3CCCc4ccccc43)CC2)on1. The van der Waals surface area contributed by atoms with Gasteiger partial charge >= 0.3 is 0 Å². The molecule has 4 rings (SSSR count). The summed E-state index contributed by atoms with van der Waals surface area (Å²) in [5.41, 5.74) is 3.72. The molecule has 1 aliphatic carbocycles. The minimum Gasteiger partial charge on any atom is -0.351 e. The number of hydrogen-bond acceptors (Lipinski definition) is 4. The van der Waals surface area contributed by atoms with Crippen molar-refractivity contribution < 1.29 is 9.32 Å². The number of fused-ring (bicyclic) bond motifs is 1. The number of nitrogens with zero attached hydrogens (tertiary/aromatic N) is 3. The summed E-state index contributed by atoms with van der Waals surface area (Å²) >= 11 is 0. The van der Waals surface area contributed by atoms with Crippen molar-refractivity contribution in [1.29, 1.82) is 0 Å². The number of aromatic nitrogens is 1. The zero-order valence-corrected chi connectivity index (χ0v) is 14.1. The van der Waals surface area contributed by atoms with Gasteiger partial charge in [-0.1, -0.05) is 29.4 Å². The van der Waals surface area contributed by atoms with Crippen LogP contribution in [0.15, 0.2) is 34.9 Å². The lowest BCUT2D eigenvalue weighted by Gasteiger charge is -2.41. The minimum absolute atomic E-state index is 0.0423. The second-order valence-electron chi connectivity index (χ2n) is 6.77. The number of rotatable bonds is 2. The monoisotopic (exact) mass is 325 g/mol. The van der Waals surface area contributed by atoms with Crippen molar-refractivity contribution in [3.63, 3.8) is 0 Å². The molecule has 126 valence electrons. The highest BCUT2D eigenvalue weighted by Gasteiger charge is 2.30. The molecule has 1 fully saturated rings. The summed E-state index contributed by atoms with van der Waals surface area (Å²) in [6, 6.07) is 11.0. The van der Waals surface area contributed by atoms with Gasteiger partial charge in [0.25, 0.3) is 5.91 Å². The van der Waals surface area contributed by atoms with E-state index in [0.717, 1.165) is 31.9 Å². The Balaban J connectivity index is 1.43. The summed E-state index contributed by atoms with van der Waals surface area (Å²) in [6.07, 6.45) is 3.65. The average molecular weight is 325 g/mol. The molecule has 1 unspecified atom stereocenters. The van der Waals surface area contributed by atoms with E-state index in [1.54, 1.807) is 6.07 Å². The van der Waals surface area contributed by atoms with Crippen molar-refractivity contribution in [3.05, 3.63) is 52.9 Å². The number of carbonyl (C=O) groups is 1. The fourth-order valence-electron chi connectivity index (χ4n) is 3.96. The van der Waals surface area contributed by atoms with Crippen LogP contribution in [0, 0.1) is 6.92 Å². The Morgan fingerprint density at radius 3 is 2.75 bits per heavy atom. The van der Waals surface area contributed by atoms with Gasteiger partial charge in [0, 0.05) is 38.3 Å². The van der Waals surface area contributed by atoms with Gasteiger partial charge in [-0.3, -0.25) is 9.69 Å². The number of hydrogen-bond donors (Lipinski definition) is 0. The third kappa shape index (κ3) is 2.84. The van der Waals surface area contributed by atoms with Gasteiger partial charge in [0.2, 0.25) is 5.76 Å². The van der Waals surface area contributed by atoms with Crippen molar-refractivity contribution in [1.82, 2.24) is 15.0 Å². The van der Waals surface area contributed by atoms with Gasteiger partial charge in [-0.25, -0.2) is 0 Å². The van der Waals surface area contributed by atoms with Gasteiger partial charge in [-0.05, 0) is 37.3 Å². The van der Waals surface area contributed by atoms with Crippen molar-refractivity contribution >= 4 is 5.91 Å². The highest BCUT2D eigenvalue weighted by Crippen LogP contribution is 2.34. The Labute approximate surface area is 142 Å². The lowest BCUT2D eigenvalue weighted by molar-refractivity contribution is 0.0513. The van der Waals surface area contributed by atoms with Crippen LogP contribution in [0.5, 0.6) is 0 Å². The Hall–Kier alpha value is -2.14. The summed E-state index contributed by atoms with van der Waals surface area (Å²) in [4.78, 5) is 16.9.